The molecule has 1 saturated heterocycles. The molecule has 1 saturated carbocycles. The van der Waals surface area contributed by atoms with E-state index >= 15 is 4.39 Å². The number of amides is 1. The van der Waals surface area contributed by atoms with E-state index in [4.69, 9.17) is 0 Å². The highest BCUT2D eigenvalue weighted by atomic mass is 32.2. The van der Waals surface area contributed by atoms with E-state index in [1.165, 1.54) is 22.6 Å². The second kappa shape index (κ2) is 13.6. The zero-order valence-electron chi connectivity index (χ0n) is 26.0. The molecule has 0 radical (unpaired) electrons. The van der Waals surface area contributed by atoms with Crippen molar-refractivity contribution in [2.45, 2.75) is 42.0 Å². The minimum atomic E-state index is -4.95. The molecule has 2 N–H and O–H groups in total. The van der Waals surface area contributed by atoms with Gasteiger partial charge in [0, 0.05) is 43.6 Å². The van der Waals surface area contributed by atoms with Gasteiger partial charge in [0.2, 0.25) is 15.9 Å². The van der Waals surface area contributed by atoms with Gasteiger partial charge in [-0.3, -0.25) is 9.78 Å². The predicted octanol–water partition coefficient (Wildman–Crippen LogP) is 6.29. The third kappa shape index (κ3) is 7.61. The van der Waals surface area contributed by atoms with Gasteiger partial charge in [-0.25, -0.2) is 26.0 Å². The molecule has 1 spiro atoms. The minimum Gasteiger partial charge on any atom is -0.406 e. The van der Waals surface area contributed by atoms with Gasteiger partial charge in [0.15, 0.2) is 0 Å². The Morgan fingerprint density at radius 2 is 1.64 bits per heavy atom. The lowest BCUT2D eigenvalue weighted by atomic mass is 9.88. The molecular formula is C34H29F7N4O4S. The van der Waals surface area contributed by atoms with E-state index < -0.39 is 68.7 Å². The molecule has 3 aromatic carbocycles. The molecule has 1 amide bonds. The summed E-state index contributed by atoms with van der Waals surface area (Å²) < 4.78 is 128. The van der Waals surface area contributed by atoms with Crippen molar-refractivity contribution in [1.29, 1.82) is 0 Å². The Balaban J connectivity index is 1.21. The molecule has 50 heavy (non-hydrogen) atoms. The number of sulfonamides is 1. The van der Waals surface area contributed by atoms with Crippen molar-refractivity contribution in [3.63, 3.8) is 0 Å². The zero-order chi connectivity index (χ0) is 35.8. The number of carbonyl (C=O) groups excluding carboxylic acids is 1. The lowest BCUT2D eigenvalue weighted by Gasteiger charge is -2.37. The number of rotatable bonds is 10. The monoisotopic (exact) mass is 722 g/mol. The first kappa shape index (κ1) is 35.3. The van der Waals surface area contributed by atoms with Crippen molar-refractivity contribution in [1.82, 2.24) is 14.6 Å². The molecule has 1 aliphatic carbocycles. The SMILES string of the molecule is O=C(C[C@@H](c1ccc(F)cc1)c1cc(F)cc(F)c1)Nc1cncc(F)c1C[C@@H]1C[C@]12CNCCN2S(=O)(=O)c1ccc(OC(F)(F)F)cc1. The van der Waals surface area contributed by atoms with E-state index in [-0.39, 0.29) is 47.6 Å². The van der Waals surface area contributed by atoms with Crippen molar-refractivity contribution in [2.75, 3.05) is 25.0 Å². The summed E-state index contributed by atoms with van der Waals surface area (Å²) in [5.74, 6) is -5.62. The summed E-state index contributed by atoms with van der Waals surface area (Å²) in [4.78, 5) is 17.0. The van der Waals surface area contributed by atoms with E-state index in [0.717, 1.165) is 54.7 Å². The predicted molar refractivity (Wildman–Crippen MR) is 166 cm³/mol. The number of ether oxygens (including phenoxy) is 1. The maximum atomic E-state index is 15.3. The number of pyridine rings is 1. The second-order valence-corrected chi connectivity index (χ2v) is 14.1. The first-order chi connectivity index (χ1) is 23.6. The average Bonchev–Trinajstić information content (AvgIpc) is 3.71. The molecule has 0 bridgehead atoms. The molecule has 3 atom stereocenters. The highest BCUT2D eigenvalue weighted by Crippen LogP contribution is 2.53. The molecule has 1 aromatic heterocycles. The standard InChI is InChI=1S/C34H29F7N4O4S/c35-23-3-1-20(2-4-23)28(21-11-24(36)14-25(37)12-21)15-32(46)44-31-18-43-17-30(38)29(31)13-22-16-33(22)19-42-9-10-45(33)50(47,48)27-7-5-26(6-8-27)49-34(39,40)41/h1-8,11-12,14,17-18,22,28,42H,9-10,13,15-16,19H2,(H,44,46)/t22-,28+,33+/m1/s1. The summed E-state index contributed by atoms with van der Waals surface area (Å²) in [6, 6.07) is 11.8. The van der Waals surface area contributed by atoms with Gasteiger partial charge in [0.05, 0.1) is 28.5 Å². The highest BCUT2D eigenvalue weighted by molar-refractivity contribution is 7.89. The van der Waals surface area contributed by atoms with Gasteiger partial charge in [-0.15, -0.1) is 13.2 Å². The molecule has 264 valence electrons. The van der Waals surface area contributed by atoms with Crippen LogP contribution in [-0.2, 0) is 21.2 Å². The average molecular weight is 723 g/mol. The summed E-state index contributed by atoms with van der Waals surface area (Å²) >= 11 is 0. The fourth-order valence-electron chi connectivity index (χ4n) is 6.56. The van der Waals surface area contributed by atoms with E-state index in [0.29, 0.717) is 24.6 Å². The van der Waals surface area contributed by atoms with Crippen molar-refractivity contribution in [2.24, 2.45) is 5.92 Å². The van der Waals surface area contributed by atoms with Crippen LogP contribution in [0.3, 0.4) is 0 Å². The molecule has 2 fully saturated rings. The molecule has 2 aliphatic rings. The van der Waals surface area contributed by atoms with Crippen LogP contribution in [0.4, 0.5) is 36.4 Å². The summed E-state index contributed by atoms with van der Waals surface area (Å²) in [5, 5.41) is 5.80. The quantitative estimate of drug-likeness (QED) is 0.187. The van der Waals surface area contributed by atoms with E-state index in [9.17, 15) is 39.6 Å². The highest BCUT2D eigenvalue weighted by Gasteiger charge is 2.62. The number of alkyl halides is 3. The number of nitrogens with one attached hydrogen (secondary N) is 2. The molecule has 2 heterocycles. The third-order valence-electron chi connectivity index (χ3n) is 8.94. The van der Waals surface area contributed by atoms with Crippen molar-refractivity contribution >= 4 is 21.6 Å². The van der Waals surface area contributed by atoms with Crippen LogP contribution in [0.5, 0.6) is 5.75 Å². The normalized spacial score (nSPS) is 20.0. The van der Waals surface area contributed by atoms with Crippen LogP contribution in [0, 0.1) is 29.2 Å². The van der Waals surface area contributed by atoms with Gasteiger partial charge >= 0.3 is 6.36 Å². The summed E-state index contributed by atoms with van der Waals surface area (Å²) in [6.07, 6.45) is -2.81. The zero-order valence-corrected chi connectivity index (χ0v) is 26.8. The van der Waals surface area contributed by atoms with E-state index in [1.807, 2.05) is 0 Å². The Labute approximate surface area is 282 Å². The Bertz CT molecular complexity index is 1980. The summed E-state index contributed by atoms with van der Waals surface area (Å²) in [7, 11) is -4.20. The third-order valence-corrected chi connectivity index (χ3v) is 10.9. The first-order valence-electron chi connectivity index (χ1n) is 15.4. The molecule has 16 heteroatoms. The number of piperazine rings is 1. The second-order valence-electron chi connectivity index (χ2n) is 12.2. The van der Waals surface area contributed by atoms with Gasteiger partial charge in [-0.1, -0.05) is 12.1 Å². The van der Waals surface area contributed by atoms with Crippen LogP contribution in [0.15, 0.2) is 84.0 Å². The molecular weight excluding hydrogens is 693 g/mol. The van der Waals surface area contributed by atoms with Gasteiger partial charge in [0.25, 0.3) is 0 Å². The van der Waals surface area contributed by atoms with E-state index in [1.54, 1.807) is 0 Å². The number of carbonyl (C=O) groups is 1. The maximum absolute atomic E-state index is 15.3. The molecule has 4 aromatic rings. The smallest absolute Gasteiger partial charge is 0.406 e. The summed E-state index contributed by atoms with van der Waals surface area (Å²) in [6.45, 7) is 0.579. The number of nitrogens with zero attached hydrogens (tertiary/aromatic N) is 2. The molecule has 1 aliphatic heterocycles. The van der Waals surface area contributed by atoms with Gasteiger partial charge in [-0.05, 0) is 78.4 Å². The number of halogens is 7. The number of aromatic nitrogens is 1. The van der Waals surface area contributed by atoms with E-state index in [2.05, 4.69) is 20.4 Å². The van der Waals surface area contributed by atoms with Crippen LogP contribution in [0.25, 0.3) is 0 Å². The largest absolute Gasteiger partial charge is 0.573 e. The molecule has 0 unspecified atom stereocenters. The lowest BCUT2D eigenvalue weighted by Crippen LogP contribution is -2.56. The minimum absolute atomic E-state index is 0.00742. The molecule has 6 rings (SSSR count). The van der Waals surface area contributed by atoms with Crippen LogP contribution in [0.2, 0.25) is 0 Å². The van der Waals surface area contributed by atoms with Crippen molar-refractivity contribution < 1.29 is 48.7 Å². The van der Waals surface area contributed by atoms with Gasteiger partial charge in [-0.2, -0.15) is 4.31 Å². The number of anilines is 1. The maximum Gasteiger partial charge on any atom is 0.573 e. The topological polar surface area (TPSA) is 101 Å². The number of hydrogen-bond acceptors (Lipinski definition) is 6. The first-order valence-corrected chi connectivity index (χ1v) is 16.8. The Kier molecular flexibility index (Phi) is 9.63. The lowest BCUT2D eigenvalue weighted by molar-refractivity contribution is -0.274. The van der Waals surface area contributed by atoms with Crippen molar-refractivity contribution in [3.05, 3.63) is 119 Å². The van der Waals surface area contributed by atoms with Crippen molar-refractivity contribution in [3.8, 4) is 5.75 Å². The fourth-order valence-corrected chi connectivity index (χ4v) is 8.39. The van der Waals surface area contributed by atoms with Crippen LogP contribution < -0.4 is 15.4 Å². The van der Waals surface area contributed by atoms with Crippen LogP contribution >= 0.6 is 0 Å². The molecule has 8 nitrogen and oxygen atoms in total. The Morgan fingerprint density at radius 1 is 0.960 bits per heavy atom. The Morgan fingerprint density at radius 3 is 2.30 bits per heavy atom. The number of benzene rings is 3. The Hall–Kier alpha value is -4.54. The fraction of sp³-hybridized carbons (Fsp3) is 0.294. The summed E-state index contributed by atoms with van der Waals surface area (Å²) in [5.41, 5.74) is -0.390. The van der Waals surface area contributed by atoms with Crippen LogP contribution in [-0.4, -0.2) is 55.1 Å². The van der Waals surface area contributed by atoms with Gasteiger partial charge in [0.1, 0.15) is 29.0 Å². The number of hydrogen-bond donors (Lipinski definition) is 2. The van der Waals surface area contributed by atoms with Gasteiger partial charge < -0.3 is 15.4 Å². The van der Waals surface area contributed by atoms with Crippen LogP contribution in [0.1, 0.15) is 35.4 Å².